The molecule has 0 saturated heterocycles. The first-order valence-electron chi connectivity index (χ1n) is 4.19. The molecular formula is C9H10BrN3. The molecule has 0 aromatic carbocycles. The standard InChI is InChI=1S/C9H10BrN3/c1-3-6-5-13(2)9-8(6)12-7(10)4-11-9/h4-5H,3H2,1-2H3. The topological polar surface area (TPSA) is 30.7 Å². The molecule has 0 bridgehead atoms. The summed E-state index contributed by atoms with van der Waals surface area (Å²) in [6.07, 6.45) is 4.79. The van der Waals surface area contributed by atoms with Gasteiger partial charge in [-0.1, -0.05) is 6.92 Å². The monoisotopic (exact) mass is 239 g/mol. The van der Waals surface area contributed by atoms with Crippen LogP contribution in [0.5, 0.6) is 0 Å². The zero-order valence-electron chi connectivity index (χ0n) is 7.58. The predicted octanol–water partition coefficient (Wildman–Crippen LogP) is 2.29. The first-order valence-corrected chi connectivity index (χ1v) is 4.98. The van der Waals surface area contributed by atoms with E-state index in [0.29, 0.717) is 0 Å². The lowest BCUT2D eigenvalue weighted by atomic mass is 10.2. The minimum absolute atomic E-state index is 0.793. The van der Waals surface area contributed by atoms with Gasteiger partial charge in [-0.3, -0.25) is 0 Å². The summed E-state index contributed by atoms with van der Waals surface area (Å²) < 4.78 is 2.80. The average molecular weight is 240 g/mol. The number of halogens is 1. The van der Waals surface area contributed by atoms with E-state index in [0.717, 1.165) is 22.2 Å². The van der Waals surface area contributed by atoms with Crippen LogP contribution in [0.1, 0.15) is 12.5 Å². The summed E-state index contributed by atoms with van der Waals surface area (Å²) in [4.78, 5) is 8.70. The summed E-state index contributed by atoms with van der Waals surface area (Å²) in [5.41, 5.74) is 3.19. The lowest BCUT2D eigenvalue weighted by Crippen LogP contribution is -1.88. The van der Waals surface area contributed by atoms with Gasteiger partial charge in [0.1, 0.15) is 10.1 Å². The molecule has 0 aliphatic heterocycles. The number of hydrogen-bond donors (Lipinski definition) is 0. The molecule has 0 aliphatic carbocycles. The van der Waals surface area contributed by atoms with Gasteiger partial charge in [0.2, 0.25) is 0 Å². The fourth-order valence-corrected chi connectivity index (χ4v) is 1.73. The molecule has 0 aliphatic rings. The van der Waals surface area contributed by atoms with Gasteiger partial charge in [0, 0.05) is 13.2 Å². The Morgan fingerprint density at radius 1 is 1.54 bits per heavy atom. The molecule has 0 radical (unpaired) electrons. The number of aryl methyl sites for hydroxylation is 2. The molecule has 3 nitrogen and oxygen atoms in total. The van der Waals surface area contributed by atoms with E-state index in [-0.39, 0.29) is 0 Å². The maximum Gasteiger partial charge on any atom is 0.158 e. The Kier molecular flexibility index (Phi) is 2.07. The molecular weight excluding hydrogens is 230 g/mol. The van der Waals surface area contributed by atoms with Crippen LogP contribution in [0.3, 0.4) is 0 Å². The Morgan fingerprint density at radius 3 is 3.00 bits per heavy atom. The number of nitrogens with zero attached hydrogens (tertiary/aromatic N) is 3. The lowest BCUT2D eigenvalue weighted by Gasteiger charge is -1.94. The van der Waals surface area contributed by atoms with Gasteiger partial charge in [0.05, 0.1) is 6.20 Å². The van der Waals surface area contributed by atoms with E-state index in [9.17, 15) is 0 Å². The average Bonchev–Trinajstić information content (AvgIpc) is 2.42. The van der Waals surface area contributed by atoms with Crippen LogP contribution in [0.25, 0.3) is 11.2 Å². The first-order chi connectivity index (χ1) is 6.22. The third kappa shape index (κ3) is 1.35. The van der Waals surface area contributed by atoms with Gasteiger partial charge in [-0.25, -0.2) is 9.97 Å². The second-order valence-corrected chi connectivity index (χ2v) is 3.80. The summed E-state index contributed by atoms with van der Waals surface area (Å²) in [5, 5.41) is 0. The normalized spacial score (nSPS) is 11.0. The predicted molar refractivity (Wildman–Crippen MR) is 55.6 cm³/mol. The van der Waals surface area contributed by atoms with Gasteiger partial charge in [-0.15, -0.1) is 0 Å². The van der Waals surface area contributed by atoms with Gasteiger partial charge < -0.3 is 4.57 Å². The highest BCUT2D eigenvalue weighted by Crippen LogP contribution is 2.18. The van der Waals surface area contributed by atoms with E-state index in [1.54, 1.807) is 6.20 Å². The van der Waals surface area contributed by atoms with Crippen molar-refractivity contribution in [2.24, 2.45) is 7.05 Å². The molecule has 2 rings (SSSR count). The van der Waals surface area contributed by atoms with Gasteiger partial charge in [0.15, 0.2) is 5.65 Å². The Hall–Kier alpha value is -0.900. The highest BCUT2D eigenvalue weighted by molar-refractivity contribution is 9.10. The third-order valence-corrected chi connectivity index (χ3v) is 2.47. The molecule has 68 valence electrons. The summed E-state index contributed by atoms with van der Waals surface area (Å²) in [6.45, 7) is 2.12. The number of rotatable bonds is 1. The van der Waals surface area contributed by atoms with E-state index in [1.807, 2.05) is 11.6 Å². The Morgan fingerprint density at radius 2 is 2.31 bits per heavy atom. The number of aromatic nitrogens is 3. The van der Waals surface area contributed by atoms with Crippen molar-refractivity contribution >= 4 is 27.1 Å². The van der Waals surface area contributed by atoms with E-state index >= 15 is 0 Å². The van der Waals surface area contributed by atoms with E-state index in [4.69, 9.17) is 0 Å². The van der Waals surface area contributed by atoms with Crippen LogP contribution in [0, 0.1) is 0 Å². The largest absolute Gasteiger partial charge is 0.334 e. The Balaban J connectivity index is 2.81. The molecule has 13 heavy (non-hydrogen) atoms. The SMILES string of the molecule is CCc1cn(C)c2ncc(Br)nc12. The van der Waals surface area contributed by atoms with E-state index < -0.39 is 0 Å². The highest BCUT2D eigenvalue weighted by atomic mass is 79.9. The van der Waals surface area contributed by atoms with Gasteiger partial charge in [-0.05, 0) is 27.9 Å². The molecule has 0 atom stereocenters. The molecule has 2 aromatic heterocycles. The molecule has 2 aromatic rings. The van der Waals surface area contributed by atoms with Gasteiger partial charge in [-0.2, -0.15) is 0 Å². The van der Waals surface area contributed by atoms with Gasteiger partial charge in [0.25, 0.3) is 0 Å². The van der Waals surface area contributed by atoms with Crippen molar-refractivity contribution in [3.8, 4) is 0 Å². The first kappa shape index (κ1) is 8.69. The second kappa shape index (κ2) is 3.10. The van der Waals surface area contributed by atoms with Crippen molar-refractivity contribution < 1.29 is 0 Å². The van der Waals surface area contributed by atoms with Gasteiger partial charge >= 0.3 is 0 Å². The molecule has 2 heterocycles. The van der Waals surface area contributed by atoms with Crippen molar-refractivity contribution in [3.05, 3.63) is 22.6 Å². The Bertz CT molecular complexity index is 447. The fourth-order valence-electron chi connectivity index (χ4n) is 1.45. The molecule has 4 heteroatoms. The van der Waals surface area contributed by atoms with Crippen molar-refractivity contribution in [3.63, 3.8) is 0 Å². The van der Waals surface area contributed by atoms with Crippen molar-refractivity contribution in [2.75, 3.05) is 0 Å². The van der Waals surface area contributed by atoms with Crippen LogP contribution in [0.2, 0.25) is 0 Å². The zero-order valence-corrected chi connectivity index (χ0v) is 9.17. The minimum atomic E-state index is 0.793. The lowest BCUT2D eigenvalue weighted by molar-refractivity contribution is 0.935. The molecule has 0 unspecified atom stereocenters. The van der Waals surface area contributed by atoms with Crippen LogP contribution >= 0.6 is 15.9 Å². The van der Waals surface area contributed by atoms with Crippen LogP contribution in [0.15, 0.2) is 17.0 Å². The molecule has 0 spiro atoms. The van der Waals surface area contributed by atoms with Crippen LogP contribution in [-0.2, 0) is 13.5 Å². The maximum atomic E-state index is 4.40. The fraction of sp³-hybridized carbons (Fsp3) is 0.333. The van der Waals surface area contributed by atoms with Crippen molar-refractivity contribution in [1.29, 1.82) is 0 Å². The van der Waals surface area contributed by atoms with E-state index in [1.165, 1.54) is 5.56 Å². The molecule has 0 amide bonds. The summed E-state index contributed by atoms with van der Waals surface area (Å²) in [5.74, 6) is 0. The summed E-state index contributed by atoms with van der Waals surface area (Å²) >= 11 is 3.32. The quantitative estimate of drug-likeness (QED) is 0.765. The zero-order chi connectivity index (χ0) is 9.42. The minimum Gasteiger partial charge on any atom is -0.334 e. The van der Waals surface area contributed by atoms with Crippen LogP contribution < -0.4 is 0 Å². The van der Waals surface area contributed by atoms with E-state index in [2.05, 4.69) is 39.0 Å². The second-order valence-electron chi connectivity index (χ2n) is 2.98. The maximum absolute atomic E-state index is 4.40. The number of hydrogen-bond acceptors (Lipinski definition) is 2. The van der Waals surface area contributed by atoms with Crippen molar-refractivity contribution in [2.45, 2.75) is 13.3 Å². The molecule has 0 fully saturated rings. The van der Waals surface area contributed by atoms with Crippen LogP contribution in [0.4, 0.5) is 0 Å². The summed E-state index contributed by atoms with van der Waals surface area (Å²) in [6, 6.07) is 0. The van der Waals surface area contributed by atoms with Crippen LogP contribution in [-0.4, -0.2) is 14.5 Å². The Labute approximate surface area is 84.9 Å². The van der Waals surface area contributed by atoms with Crippen molar-refractivity contribution in [1.82, 2.24) is 14.5 Å². The summed E-state index contributed by atoms with van der Waals surface area (Å²) in [7, 11) is 1.99. The third-order valence-electron chi connectivity index (χ3n) is 2.09. The number of fused-ring (bicyclic) bond motifs is 1. The molecule has 0 N–H and O–H groups in total. The highest BCUT2D eigenvalue weighted by Gasteiger charge is 2.07. The molecule has 0 saturated carbocycles. The smallest absolute Gasteiger partial charge is 0.158 e.